The smallest absolute Gasteiger partial charge is 0.217 e. The van der Waals surface area contributed by atoms with E-state index in [0.29, 0.717) is 0 Å². The minimum absolute atomic E-state index is 0.430. The lowest BCUT2D eigenvalue weighted by molar-refractivity contribution is -0.141. The maximum absolute atomic E-state index is 10.7. The molecule has 0 spiro atoms. The van der Waals surface area contributed by atoms with Crippen molar-refractivity contribution in [1.29, 1.82) is 0 Å². The molecule has 7 heteroatoms. The number of carbonyl (C=O) groups excluding carboxylic acids is 1. The minimum Gasteiger partial charge on any atom is -0.394 e. The van der Waals surface area contributed by atoms with Crippen molar-refractivity contribution in [2.75, 3.05) is 6.61 Å². The first-order valence-electron chi connectivity index (χ1n) is 4.55. The summed E-state index contributed by atoms with van der Waals surface area (Å²) in [5.41, 5.74) is 0. The van der Waals surface area contributed by atoms with Crippen molar-refractivity contribution in [1.82, 2.24) is 5.32 Å². The van der Waals surface area contributed by atoms with Crippen LogP contribution in [0.2, 0.25) is 0 Å². The third-order valence-electron chi connectivity index (χ3n) is 2.24. The number of hydrogen-bond donors (Lipinski definition) is 5. The lowest BCUT2D eigenvalue weighted by Gasteiger charge is -2.20. The molecule has 0 radical (unpaired) electrons. The van der Waals surface area contributed by atoms with E-state index in [9.17, 15) is 20.1 Å². The van der Waals surface area contributed by atoms with Crippen molar-refractivity contribution in [3.05, 3.63) is 0 Å². The molecule has 1 amide bonds. The van der Waals surface area contributed by atoms with E-state index in [-0.39, 0.29) is 0 Å². The highest BCUT2D eigenvalue weighted by Gasteiger charge is 2.46. The Morgan fingerprint density at radius 1 is 1.53 bits per heavy atom. The third-order valence-corrected chi connectivity index (χ3v) is 2.24. The van der Waals surface area contributed by atoms with Gasteiger partial charge in [0.2, 0.25) is 5.91 Å². The van der Waals surface area contributed by atoms with Gasteiger partial charge in [-0.2, -0.15) is 0 Å². The Labute approximate surface area is 86.3 Å². The molecule has 0 bridgehead atoms. The second kappa shape index (κ2) is 4.86. The van der Waals surface area contributed by atoms with Gasteiger partial charge in [-0.3, -0.25) is 4.79 Å². The van der Waals surface area contributed by atoms with Crippen LogP contribution in [0.3, 0.4) is 0 Å². The summed E-state index contributed by atoms with van der Waals surface area (Å²) in [6.07, 6.45) is -5.06. The van der Waals surface area contributed by atoms with Gasteiger partial charge < -0.3 is 30.5 Å². The molecule has 15 heavy (non-hydrogen) atoms. The molecule has 5 N–H and O–H groups in total. The number of aliphatic hydroxyl groups is 4. The van der Waals surface area contributed by atoms with Gasteiger partial charge in [0.05, 0.1) is 6.61 Å². The lowest BCUT2D eigenvalue weighted by atomic mass is 10.0. The third kappa shape index (κ3) is 2.64. The van der Waals surface area contributed by atoms with E-state index in [1.807, 2.05) is 0 Å². The summed E-state index contributed by atoms with van der Waals surface area (Å²) >= 11 is 0. The molecule has 1 rings (SSSR count). The standard InChI is InChI=1S/C8H15NO6/c1-3(11)9-5-6(13)7(4(12)2-10)15-8(5)14/h4-8,10,12-14H,2H2,1H3,(H,9,11)/t4-,5-,6-,7-,8-/m1/s1. The largest absolute Gasteiger partial charge is 0.394 e. The van der Waals surface area contributed by atoms with Crippen LogP contribution in [0, 0.1) is 0 Å². The second-order valence-electron chi connectivity index (χ2n) is 3.46. The van der Waals surface area contributed by atoms with E-state index < -0.39 is 43.2 Å². The summed E-state index contributed by atoms with van der Waals surface area (Å²) in [4.78, 5) is 10.7. The Balaban J connectivity index is 2.65. The zero-order chi connectivity index (χ0) is 11.6. The number of hydrogen-bond acceptors (Lipinski definition) is 6. The summed E-state index contributed by atoms with van der Waals surface area (Å²) in [7, 11) is 0. The quantitative estimate of drug-likeness (QED) is 0.345. The second-order valence-corrected chi connectivity index (χ2v) is 3.46. The number of amides is 1. The molecule has 0 aromatic heterocycles. The van der Waals surface area contributed by atoms with Gasteiger partial charge in [0.25, 0.3) is 0 Å². The molecule has 1 aliphatic rings. The van der Waals surface area contributed by atoms with Crippen LogP contribution in [0.5, 0.6) is 0 Å². The number of rotatable bonds is 3. The van der Waals surface area contributed by atoms with Gasteiger partial charge in [-0.05, 0) is 0 Å². The first kappa shape index (κ1) is 12.3. The molecule has 0 aromatic rings. The zero-order valence-electron chi connectivity index (χ0n) is 8.20. The molecule has 88 valence electrons. The Morgan fingerprint density at radius 3 is 2.60 bits per heavy atom. The molecular weight excluding hydrogens is 206 g/mol. The molecule has 0 unspecified atom stereocenters. The fourth-order valence-electron chi connectivity index (χ4n) is 1.51. The van der Waals surface area contributed by atoms with Gasteiger partial charge in [0, 0.05) is 6.92 Å². The molecule has 5 atom stereocenters. The van der Waals surface area contributed by atoms with Crippen LogP contribution in [0.25, 0.3) is 0 Å². The van der Waals surface area contributed by atoms with Gasteiger partial charge in [-0.15, -0.1) is 0 Å². The molecule has 1 heterocycles. The van der Waals surface area contributed by atoms with Crippen molar-refractivity contribution in [2.24, 2.45) is 0 Å². The Kier molecular flexibility index (Phi) is 4.00. The van der Waals surface area contributed by atoms with Crippen molar-refractivity contribution in [3.8, 4) is 0 Å². The van der Waals surface area contributed by atoms with Crippen LogP contribution in [0.4, 0.5) is 0 Å². The Morgan fingerprint density at radius 2 is 2.13 bits per heavy atom. The molecule has 0 aliphatic carbocycles. The van der Waals surface area contributed by atoms with Crippen LogP contribution in [-0.2, 0) is 9.53 Å². The number of aliphatic hydroxyl groups excluding tert-OH is 4. The van der Waals surface area contributed by atoms with Crippen LogP contribution in [-0.4, -0.2) is 63.6 Å². The highest BCUT2D eigenvalue weighted by molar-refractivity contribution is 5.73. The molecule has 1 saturated heterocycles. The summed E-state index contributed by atoms with van der Waals surface area (Å²) in [5.74, 6) is -0.430. The summed E-state index contributed by atoms with van der Waals surface area (Å²) < 4.78 is 4.82. The van der Waals surface area contributed by atoms with E-state index in [2.05, 4.69) is 5.32 Å². The first-order chi connectivity index (χ1) is 6.97. The van der Waals surface area contributed by atoms with Gasteiger partial charge >= 0.3 is 0 Å². The molecule has 0 saturated carbocycles. The Bertz CT molecular complexity index is 235. The van der Waals surface area contributed by atoms with Crippen LogP contribution >= 0.6 is 0 Å². The predicted molar refractivity (Wildman–Crippen MR) is 47.6 cm³/mol. The number of carbonyl (C=O) groups is 1. The zero-order valence-corrected chi connectivity index (χ0v) is 8.20. The lowest BCUT2D eigenvalue weighted by Crippen LogP contribution is -2.48. The molecule has 1 aliphatic heterocycles. The van der Waals surface area contributed by atoms with Gasteiger partial charge in [-0.25, -0.2) is 0 Å². The summed E-state index contributed by atoms with van der Waals surface area (Å²) in [6.45, 7) is 0.635. The van der Waals surface area contributed by atoms with Gasteiger partial charge in [-0.1, -0.05) is 0 Å². The normalized spacial score (nSPS) is 37.7. The van der Waals surface area contributed by atoms with Gasteiger partial charge in [0.15, 0.2) is 6.29 Å². The minimum atomic E-state index is -1.39. The highest BCUT2D eigenvalue weighted by atomic mass is 16.6. The molecule has 0 aromatic carbocycles. The van der Waals surface area contributed by atoms with Crippen molar-refractivity contribution < 1.29 is 30.0 Å². The fourth-order valence-corrected chi connectivity index (χ4v) is 1.51. The highest BCUT2D eigenvalue weighted by Crippen LogP contribution is 2.22. The van der Waals surface area contributed by atoms with Crippen LogP contribution < -0.4 is 5.32 Å². The first-order valence-corrected chi connectivity index (χ1v) is 4.55. The van der Waals surface area contributed by atoms with Crippen molar-refractivity contribution >= 4 is 5.91 Å². The summed E-state index contributed by atoms with van der Waals surface area (Å²) in [5, 5.41) is 39.1. The van der Waals surface area contributed by atoms with Crippen molar-refractivity contribution in [3.63, 3.8) is 0 Å². The maximum atomic E-state index is 10.7. The van der Waals surface area contributed by atoms with E-state index in [1.54, 1.807) is 0 Å². The summed E-state index contributed by atoms with van der Waals surface area (Å²) in [6, 6.07) is -0.992. The molecular formula is C8H15NO6. The average molecular weight is 221 g/mol. The SMILES string of the molecule is CC(=O)N[C@@H]1[C@@H](O)[C@@H]([C@H](O)CO)O[C@H]1O. The topological polar surface area (TPSA) is 119 Å². The predicted octanol–water partition coefficient (Wildman–Crippen LogP) is -3.08. The monoisotopic (exact) mass is 221 g/mol. The van der Waals surface area contributed by atoms with E-state index >= 15 is 0 Å². The van der Waals surface area contributed by atoms with E-state index in [1.165, 1.54) is 6.92 Å². The maximum Gasteiger partial charge on any atom is 0.217 e. The van der Waals surface area contributed by atoms with Crippen LogP contribution in [0.1, 0.15) is 6.92 Å². The van der Waals surface area contributed by atoms with E-state index in [0.717, 1.165) is 0 Å². The fraction of sp³-hybridized carbons (Fsp3) is 0.875. The Hall–Kier alpha value is -0.730. The van der Waals surface area contributed by atoms with Crippen LogP contribution in [0.15, 0.2) is 0 Å². The van der Waals surface area contributed by atoms with Gasteiger partial charge in [0.1, 0.15) is 24.4 Å². The average Bonchev–Trinajstić information content (AvgIpc) is 2.44. The molecule has 7 nitrogen and oxygen atoms in total. The number of ether oxygens (including phenoxy) is 1. The van der Waals surface area contributed by atoms with E-state index in [4.69, 9.17) is 9.84 Å². The van der Waals surface area contributed by atoms with Crippen molar-refractivity contribution in [2.45, 2.75) is 37.6 Å². The number of nitrogens with one attached hydrogen (secondary N) is 1. The molecule has 1 fully saturated rings.